The van der Waals surface area contributed by atoms with Gasteiger partial charge >= 0.3 is 0 Å². The fourth-order valence-corrected chi connectivity index (χ4v) is 0.460. The van der Waals surface area contributed by atoms with Crippen LogP contribution in [0, 0.1) is 11.6 Å². The molecule has 0 aliphatic rings. The molecule has 11 heavy (non-hydrogen) atoms. The van der Waals surface area contributed by atoms with E-state index in [4.69, 9.17) is 5.11 Å². The van der Waals surface area contributed by atoms with Crippen LogP contribution in [0.15, 0.2) is 24.3 Å². The Morgan fingerprint density at radius 3 is 1.82 bits per heavy atom. The van der Waals surface area contributed by atoms with E-state index >= 15 is 0 Å². The Bertz CT molecular complexity index is 184. The van der Waals surface area contributed by atoms with Gasteiger partial charge in [0.1, 0.15) is 11.6 Å². The topological polar surface area (TPSA) is 20.2 Å². The van der Waals surface area contributed by atoms with Crippen LogP contribution in [0.3, 0.4) is 0 Å². The molecule has 0 bridgehead atoms. The second kappa shape index (κ2) is 5.80. The van der Waals surface area contributed by atoms with Gasteiger partial charge in [0, 0.05) is 12.7 Å². The first-order valence-electron chi connectivity index (χ1n) is 3.22. The predicted molar refractivity (Wildman–Crippen MR) is 39.1 cm³/mol. The SMILES string of the molecule is CCO.Fc1cccc(F)c1. The molecule has 0 fully saturated rings. The van der Waals surface area contributed by atoms with Crippen molar-refractivity contribution in [2.75, 3.05) is 6.61 Å². The molecule has 1 nitrogen and oxygen atoms in total. The number of hydrogen-bond donors (Lipinski definition) is 1. The molecule has 1 aromatic rings. The molecule has 1 rings (SSSR count). The van der Waals surface area contributed by atoms with Crippen molar-refractivity contribution in [3.8, 4) is 0 Å². The highest BCUT2D eigenvalue weighted by atomic mass is 19.1. The monoisotopic (exact) mass is 160 g/mol. The molecule has 0 heterocycles. The van der Waals surface area contributed by atoms with E-state index in [1.807, 2.05) is 0 Å². The minimum Gasteiger partial charge on any atom is -0.397 e. The van der Waals surface area contributed by atoms with Gasteiger partial charge in [-0.25, -0.2) is 8.78 Å². The zero-order valence-electron chi connectivity index (χ0n) is 6.22. The molecule has 0 spiro atoms. The van der Waals surface area contributed by atoms with Gasteiger partial charge in [-0.1, -0.05) is 6.07 Å². The van der Waals surface area contributed by atoms with Crippen LogP contribution in [-0.2, 0) is 0 Å². The summed E-state index contributed by atoms with van der Waals surface area (Å²) in [6.45, 7) is 1.93. The summed E-state index contributed by atoms with van der Waals surface area (Å²) >= 11 is 0. The molecule has 1 aromatic carbocycles. The fourth-order valence-electron chi connectivity index (χ4n) is 0.460. The van der Waals surface area contributed by atoms with Crippen LogP contribution in [0.2, 0.25) is 0 Å². The average Bonchev–Trinajstić information content (AvgIpc) is 1.88. The van der Waals surface area contributed by atoms with Crippen LogP contribution < -0.4 is 0 Å². The second-order valence-corrected chi connectivity index (χ2v) is 1.76. The summed E-state index contributed by atoms with van der Waals surface area (Å²) in [5.74, 6) is -1.07. The van der Waals surface area contributed by atoms with Gasteiger partial charge in [-0.2, -0.15) is 0 Å². The third-order valence-corrected chi connectivity index (χ3v) is 0.787. The molecular weight excluding hydrogens is 150 g/mol. The molecule has 0 unspecified atom stereocenters. The quantitative estimate of drug-likeness (QED) is 0.615. The van der Waals surface area contributed by atoms with Crippen molar-refractivity contribution in [2.24, 2.45) is 0 Å². The lowest BCUT2D eigenvalue weighted by Crippen LogP contribution is -1.73. The summed E-state index contributed by atoms with van der Waals surface area (Å²) in [4.78, 5) is 0. The van der Waals surface area contributed by atoms with Crippen LogP contribution in [0.5, 0.6) is 0 Å². The number of hydrogen-bond acceptors (Lipinski definition) is 1. The predicted octanol–water partition coefficient (Wildman–Crippen LogP) is 1.96. The van der Waals surface area contributed by atoms with Crippen molar-refractivity contribution < 1.29 is 13.9 Å². The molecule has 0 aliphatic carbocycles. The van der Waals surface area contributed by atoms with Gasteiger partial charge in [-0.05, 0) is 19.1 Å². The third kappa shape index (κ3) is 5.48. The molecule has 0 saturated heterocycles. The maximum atomic E-state index is 11.9. The Hall–Kier alpha value is -0.960. The molecule has 0 radical (unpaired) electrons. The lowest BCUT2D eigenvalue weighted by atomic mass is 10.3. The average molecular weight is 160 g/mol. The molecule has 0 aliphatic heterocycles. The summed E-state index contributed by atoms with van der Waals surface area (Å²) in [5, 5.41) is 7.57. The highest BCUT2D eigenvalue weighted by Crippen LogP contribution is 1.99. The summed E-state index contributed by atoms with van der Waals surface area (Å²) in [7, 11) is 0. The lowest BCUT2D eigenvalue weighted by molar-refractivity contribution is 0.318. The van der Waals surface area contributed by atoms with Crippen LogP contribution in [0.1, 0.15) is 6.92 Å². The van der Waals surface area contributed by atoms with Crippen LogP contribution in [0.4, 0.5) is 8.78 Å². The van der Waals surface area contributed by atoms with E-state index in [9.17, 15) is 8.78 Å². The number of halogens is 2. The molecule has 0 amide bonds. The number of benzene rings is 1. The maximum Gasteiger partial charge on any atom is 0.126 e. The highest BCUT2D eigenvalue weighted by Gasteiger charge is 1.88. The zero-order valence-corrected chi connectivity index (χ0v) is 6.22. The van der Waals surface area contributed by atoms with Gasteiger partial charge in [0.25, 0.3) is 0 Å². The normalized spacial score (nSPS) is 8.36. The van der Waals surface area contributed by atoms with E-state index in [2.05, 4.69) is 0 Å². The minimum absolute atomic E-state index is 0.250. The first-order chi connectivity index (χ1) is 5.20. The van der Waals surface area contributed by atoms with Gasteiger partial charge in [-0.15, -0.1) is 0 Å². The Kier molecular flexibility index (Phi) is 5.29. The third-order valence-electron chi connectivity index (χ3n) is 0.787. The maximum absolute atomic E-state index is 11.9. The first-order valence-corrected chi connectivity index (χ1v) is 3.22. The van der Waals surface area contributed by atoms with Crippen molar-refractivity contribution in [1.82, 2.24) is 0 Å². The van der Waals surface area contributed by atoms with E-state index in [1.165, 1.54) is 18.2 Å². The molecule has 0 atom stereocenters. The Morgan fingerprint density at radius 2 is 1.64 bits per heavy atom. The molecule has 1 N–H and O–H groups in total. The summed E-state index contributed by atoms with van der Waals surface area (Å²) in [6.07, 6.45) is 0. The van der Waals surface area contributed by atoms with E-state index in [-0.39, 0.29) is 6.61 Å². The smallest absolute Gasteiger partial charge is 0.126 e. The molecule has 0 saturated carbocycles. The fraction of sp³-hybridized carbons (Fsp3) is 0.250. The van der Waals surface area contributed by atoms with Gasteiger partial charge in [0.15, 0.2) is 0 Å². The van der Waals surface area contributed by atoms with Crippen molar-refractivity contribution >= 4 is 0 Å². The first kappa shape index (κ1) is 10.0. The number of rotatable bonds is 0. The van der Waals surface area contributed by atoms with Crippen LogP contribution >= 0.6 is 0 Å². The van der Waals surface area contributed by atoms with E-state index in [1.54, 1.807) is 6.92 Å². The molecular formula is C8H10F2O. The van der Waals surface area contributed by atoms with Crippen molar-refractivity contribution in [1.29, 1.82) is 0 Å². The van der Waals surface area contributed by atoms with E-state index in [0.29, 0.717) is 0 Å². The summed E-state index contributed by atoms with van der Waals surface area (Å²) in [6, 6.07) is 4.55. The second-order valence-electron chi connectivity index (χ2n) is 1.76. The van der Waals surface area contributed by atoms with Gasteiger partial charge in [-0.3, -0.25) is 0 Å². The van der Waals surface area contributed by atoms with Gasteiger partial charge in [0.2, 0.25) is 0 Å². The Labute approximate surface area is 64.3 Å². The highest BCUT2D eigenvalue weighted by molar-refractivity contribution is 5.04. The standard InChI is InChI=1S/C6H4F2.C2H6O/c7-5-2-1-3-6(8)4-5;1-2-3/h1-4H;3H,2H2,1H3. The molecule has 62 valence electrons. The Balaban J connectivity index is 0.000000292. The van der Waals surface area contributed by atoms with Crippen molar-refractivity contribution in [3.05, 3.63) is 35.9 Å². The van der Waals surface area contributed by atoms with E-state index < -0.39 is 11.6 Å². The Morgan fingerprint density at radius 1 is 1.27 bits per heavy atom. The minimum atomic E-state index is -0.537. The number of aliphatic hydroxyl groups excluding tert-OH is 1. The van der Waals surface area contributed by atoms with Crippen molar-refractivity contribution in [3.63, 3.8) is 0 Å². The number of aliphatic hydroxyl groups is 1. The van der Waals surface area contributed by atoms with Gasteiger partial charge < -0.3 is 5.11 Å². The van der Waals surface area contributed by atoms with Crippen LogP contribution in [-0.4, -0.2) is 11.7 Å². The van der Waals surface area contributed by atoms with Crippen LogP contribution in [0.25, 0.3) is 0 Å². The molecule has 0 aromatic heterocycles. The van der Waals surface area contributed by atoms with E-state index in [0.717, 1.165) is 6.07 Å². The summed E-state index contributed by atoms with van der Waals surface area (Å²) in [5.41, 5.74) is 0. The lowest BCUT2D eigenvalue weighted by Gasteiger charge is -1.84. The molecule has 3 heteroatoms. The zero-order chi connectivity index (χ0) is 8.69. The van der Waals surface area contributed by atoms with Gasteiger partial charge in [0.05, 0.1) is 0 Å². The van der Waals surface area contributed by atoms with Crippen molar-refractivity contribution in [2.45, 2.75) is 6.92 Å². The summed E-state index contributed by atoms with van der Waals surface area (Å²) < 4.78 is 23.9. The largest absolute Gasteiger partial charge is 0.397 e.